The van der Waals surface area contributed by atoms with Crippen molar-refractivity contribution in [1.29, 1.82) is 0 Å². The molecule has 4 nitrogen and oxygen atoms in total. The summed E-state index contributed by atoms with van der Waals surface area (Å²) in [5, 5.41) is 3.51. The number of hydrogen-bond acceptors (Lipinski definition) is 3. The largest absolute Gasteiger partial charge is 0.378 e. The molecule has 2 atom stereocenters. The van der Waals surface area contributed by atoms with Crippen molar-refractivity contribution in [2.75, 3.05) is 13.2 Å². The molecule has 0 bridgehead atoms. The SMILES string of the molecule is CCNC(CC1CCCCO1)c1nccn1C. The van der Waals surface area contributed by atoms with E-state index < -0.39 is 0 Å². The second-order valence-corrected chi connectivity index (χ2v) is 4.73. The zero-order valence-corrected chi connectivity index (χ0v) is 10.9. The molecule has 1 saturated heterocycles. The van der Waals surface area contributed by atoms with Gasteiger partial charge in [0.15, 0.2) is 0 Å². The predicted molar refractivity (Wildman–Crippen MR) is 67.8 cm³/mol. The summed E-state index contributed by atoms with van der Waals surface area (Å²) in [5.74, 6) is 1.11. The van der Waals surface area contributed by atoms with E-state index in [0.717, 1.165) is 25.4 Å². The van der Waals surface area contributed by atoms with Gasteiger partial charge in [-0.2, -0.15) is 0 Å². The van der Waals surface area contributed by atoms with Crippen molar-refractivity contribution in [2.24, 2.45) is 7.05 Å². The Labute approximate surface area is 103 Å². The molecule has 1 aromatic heterocycles. The predicted octanol–water partition coefficient (Wildman–Crippen LogP) is 2.03. The molecule has 1 aromatic rings. The topological polar surface area (TPSA) is 39.1 Å². The molecule has 96 valence electrons. The van der Waals surface area contributed by atoms with Gasteiger partial charge in [0.25, 0.3) is 0 Å². The normalized spacial score (nSPS) is 22.6. The number of aromatic nitrogens is 2. The Balaban J connectivity index is 1.99. The summed E-state index contributed by atoms with van der Waals surface area (Å²) in [7, 11) is 2.05. The second-order valence-electron chi connectivity index (χ2n) is 4.73. The van der Waals surface area contributed by atoms with E-state index in [2.05, 4.69) is 28.8 Å². The number of aryl methyl sites for hydroxylation is 1. The second kappa shape index (κ2) is 6.17. The molecule has 1 aliphatic rings. The van der Waals surface area contributed by atoms with E-state index >= 15 is 0 Å². The molecule has 0 spiro atoms. The molecule has 1 aliphatic heterocycles. The Morgan fingerprint density at radius 1 is 1.59 bits per heavy atom. The standard InChI is InChI=1S/C13H23N3O/c1-3-14-12(13-15-7-8-16(13)2)10-11-6-4-5-9-17-11/h7-8,11-12,14H,3-6,9-10H2,1-2H3. The summed E-state index contributed by atoms with van der Waals surface area (Å²) in [6.45, 7) is 4.02. The molecular weight excluding hydrogens is 214 g/mol. The third-order valence-electron chi connectivity index (χ3n) is 3.39. The van der Waals surface area contributed by atoms with Gasteiger partial charge in [0, 0.05) is 26.0 Å². The van der Waals surface area contributed by atoms with Crippen molar-refractivity contribution in [1.82, 2.24) is 14.9 Å². The van der Waals surface area contributed by atoms with E-state index in [4.69, 9.17) is 4.74 Å². The summed E-state index contributed by atoms with van der Waals surface area (Å²) in [6, 6.07) is 0.308. The average molecular weight is 237 g/mol. The molecule has 0 aliphatic carbocycles. The smallest absolute Gasteiger partial charge is 0.125 e. The highest BCUT2D eigenvalue weighted by atomic mass is 16.5. The molecule has 2 heterocycles. The molecule has 1 fully saturated rings. The molecule has 1 N–H and O–H groups in total. The van der Waals surface area contributed by atoms with Crippen LogP contribution < -0.4 is 5.32 Å². The van der Waals surface area contributed by atoms with Crippen molar-refractivity contribution in [3.63, 3.8) is 0 Å². The van der Waals surface area contributed by atoms with Gasteiger partial charge in [-0.15, -0.1) is 0 Å². The van der Waals surface area contributed by atoms with Crippen LogP contribution in [0.25, 0.3) is 0 Å². The van der Waals surface area contributed by atoms with Gasteiger partial charge in [-0.3, -0.25) is 0 Å². The molecule has 0 amide bonds. The number of ether oxygens (including phenoxy) is 1. The van der Waals surface area contributed by atoms with Gasteiger partial charge < -0.3 is 14.6 Å². The summed E-state index contributed by atoms with van der Waals surface area (Å²) < 4.78 is 7.91. The first-order valence-corrected chi connectivity index (χ1v) is 6.63. The Morgan fingerprint density at radius 2 is 2.47 bits per heavy atom. The van der Waals surface area contributed by atoms with Crippen molar-refractivity contribution in [2.45, 2.75) is 44.8 Å². The highest BCUT2D eigenvalue weighted by Gasteiger charge is 2.22. The molecule has 17 heavy (non-hydrogen) atoms. The maximum absolute atomic E-state index is 5.82. The Bertz CT molecular complexity index is 331. The van der Waals surface area contributed by atoms with Gasteiger partial charge in [-0.25, -0.2) is 4.98 Å². The molecule has 0 radical (unpaired) electrons. The van der Waals surface area contributed by atoms with Crippen LogP contribution in [0.15, 0.2) is 12.4 Å². The molecule has 0 saturated carbocycles. The average Bonchev–Trinajstić information content (AvgIpc) is 2.76. The van der Waals surface area contributed by atoms with Gasteiger partial charge >= 0.3 is 0 Å². The first-order chi connectivity index (χ1) is 8.31. The van der Waals surface area contributed by atoms with Crippen LogP contribution in [0.2, 0.25) is 0 Å². The minimum absolute atomic E-state index is 0.308. The molecule has 2 rings (SSSR count). The van der Waals surface area contributed by atoms with Crippen LogP contribution in [0.4, 0.5) is 0 Å². The van der Waals surface area contributed by atoms with E-state index in [1.165, 1.54) is 19.3 Å². The van der Waals surface area contributed by atoms with Crippen LogP contribution in [-0.4, -0.2) is 28.8 Å². The zero-order chi connectivity index (χ0) is 12.1. The van der Waals surface area contributed by atoms with Crippen molar-refractivity contribution in [3.05, 3.63) is 18.2 Å². The summed E-state index contributed by atoms with van der Waals surface area (Å²) in [6.07, 6.45) is 8.98. The van der Waals surface area contributed by atoms with Crippen LogP contribution in [0.3, 0.4) is 0 Å². The van der Waals surface area contributed by atoms with Gasteiger partial charge in [-0.05, 0) is 32.2 Å². The minimum Gasteiger partial charge on any atom is -0.378 e. The fourth-order valence-corrected chi connectivity index (χ4v) is 2.50. The van der Waals surface area contributed by atoms with Crippen molar-refractivity contribution >= 4 is 0 Å². The lowest BCUT2D eigenvalue weighted by Gasteiger charge is -2.27. The van der Waals surface area contributed by atoms with E-state index in [1.807, 2.05) is 12.4 Å². The number of nitrogens with one attached hydrogen (secondary N) is 1. The number of hydrogen-bond donors (Lipinski definition) is 1. The van der Waals surface area contributed by atoms with Crippen LogP contribution in [-0.2, 0) is 11.8 Å². The fourth-order valence-electron chi connectivity index (χ4n) is 2.50. The van der Waals surface area contributed by atoms with E-state index in [1.54, 1.807) is 0 Å². The zero-order valence-electron chi connectivity index (χ0n) is 10.9. The summed E-state index contributed by atoms with van der Waals surface area (Å²) in [5.41, 5.74) is 0. The number of rotatable bonds is 5. The maximum atomic E-state index is 5.82. The first-order valence-electron chi connectivity index (χ1n) is 6.63. The Kier molecular flexibility index (Phi) is 4.57. The lowest BCUT2D eigenvalue weighted by Crippen LogP contribution is -2.30. The summed E-state index contributed by atoms with van der Waals surface area (Å²) >= 11 is 0. The molecule has 4 heteroatoms. The van der Waals surface area contributed by atoms with Crippen LogP contribution in [0, 0.1) is 0 Å². The molecule has 0 aromatic carbocycles. The Hall–Kier alpha value is -0.870. The third kappa shape index (κ3) is 3.30. The third-order valence-corrected chi connectivity index (χ3v) is 3.39. The quantitative estimate of drug-likeness (QED) is 0.851. The minimum atomic E-state index is 0.308. The van der Waals surface area contributed by atoms with Crippen LogP contribution in [0.5, 0.6) is 0 Å². The molecule has 2 unspecified atom stereocenters. The van der Waals surface area contributed by atoms with Gasteiger partial charge in [0.1, 0.15) is 5.82 Å². The molecular formula is C13H23N3O. The lowest BCUT2D eigenvalue weighted by molar-refractivity contribution is 0.00446. The Morgan fingerprint density at radius 3 is 3.06 bits per heavy atom. The van der Waals surface area contributed by atoms with Gasteiger partial charge in [-0.1, -0.05) is 6.92 Å². The van der Waals surface area contributed by atoms with Crippen LogP contribution in [0.1, 0.15) is 44.5 Å². The fraction of sp³-hybridized carbons (Fsp3) is 0.769. The number of nitrogens with zero attached hydrogens (tertiary/aromatic N) is 2. The van der Waals surface area contributed by atoms with E-state index in [9.17, 15) is 0 Å². The summed E-state index contributed by atoms with van der Waals surface area (Å²) in [4.78, 5) is 4.45. The van der Waals surface area contributed by atoms with E-state index in [0.29, 0.717) is 12.1 Å². The monoisotopic (exact) mass is 237 g/mol. The van der Waals surface area contributed by atoms with Gasteiger partial charge in [0.2, 0.25) is 0 Å². The lowest BCUT2D eigenvalue weighted by atomic mass is 10.0. The van der Waals surface area contributed by atoms with Crippen molar-refractivity contribution in [3.8, 4) is 0 Å². The number of imidazole rings is 1. The van der Waals surface area contributed by atoms with Crippen molar-refractivity contribution < 1.29 is 4.74 Å². The van der Waals surface area contributed by atoms with Crippen LogP contribution >= 0.6 is 0 Å². The highest BCUT2D eigenvalue weighted by Crippen LogP contribution is 2.23. The highest BCUT2D eigenvalue weighted by molar-refractivity contribution is 4.99. The maximum Gasteiger partial charge on any atom is 0.125 e. The first kappa shape index (κ1) is 12.6. The van der Waals surface area contributed by atoms with Gasteiger partial charge in [0.05, 0.1) is 12.1 Å². The van der Waals surface area contributed by atoms with E-state index in [-0.39, 0.29) is 0 Å².